The van der Waals surface area contributed by atoms with Crippen molar-refractivity contribution in [3.05, 3.63) is 80.5 Å². The van der Waals surface area contributed by atoms with Crippen molar-refractivity contribution in [2.24, 2.45) is 0 Å². The Bertz CT molecular complexity index is 925. The van der Waals surface area contributed by atoms with Gasteiger partial charge < -0.3 is 15.5 Å². The van der Waals surface area contributed by atoms with Crippen molar-refractivity contribution in [3.8, 4) is 0 Å². The van der Waals surface area contributed by atoms with Crippen LogP contribution in [0.3, 0.4) is 0 Å². The molecule has 2 N–H and O–H groups in total. The zero-order valence-corrected chi connectivity index (χ0v) is 17.5. The van der Waals surface area contributed by atoms with Gasteiger partial charge in [0, 0.05) is 29.3 Å². The van der Waals surface area contributed by atoms with Gasteiger partial charge in [0.1, 0.15) is 5.70 Å². The SMILES string of the molecule is CN(C)CCCNC(=O)/C(=C/c1ccc(Cl)cc1)NC(=O)c1ccc([N+](=O)[O-])cc1. The Balaban J connectivity index is 2.17. The highest BCUT2D eigenvalue weighted by Gasteiger charge is 2.15. The first-order chi connectivity index (χ1) is 14.3. The summed E-state index contributed by atoms with van der Waals surface area (Å²) in [6, 6.07) is 11.9. The standard InChI is InChI=1S/C21H23ClN4O4/c1-25(2)13-3-12-23-21(28)19(14-15-4-8-17(22)9-5-15)24-20(27)16-6-10-18(11-7-16)26(29)30/h4-11,14H,3,12-13H2,1-2H3,(H,23,28)(H,24,27)/b19-14-. The summed E-state index contributed by atoms with van der Waals surface area (Å²) in [5.41, 5.74) is 0.817. The van der Waals surface area contributed by atoms with E-state index in [0.29, 0.717) is 17.1 Å². The fourth-order valence-corrected chi connectivity index (χ4v) is 2.63. The van der Waals surface area contributed by atoms with E-state index in [0.717, 1.165) is 13.0 Å². The largest absolute Gasteiger partial charge is 0.351 e. The molecule has 8 nitrogen and oxygen atoms in total. The van der Waals surface area contributed by atoms with Crippen molar-refractivity contribution < 1.29 is 14.5 Å². The molecule has 0 fully saturated rings. The number of amides is 2. The molecule has 0 bridgehead atoms. The molecule has 0 unspecified atom stereocenters. The van der Waals surface area contributed by atoms with Crippen LogP contribution in [-0.4, -0.2) is 48.8 Å². The van der Waals surface area contributed by atoms with Gasteiger partial charge in [0.25, 0.3) is 17.5 Å². The van der Waals surface area contributed by atoms with Crippen LogP contribution in [0.1, 0.15) is 22.3 Å². The number of hydrogen-bond donors (Lipinski definition) is 2. The Morgan fingerprint density at radius 3 is 2.30 bits per heavy atom. The van der Waals surface area contributed by atoms with Crippen LogP contribution < -0.4 is 10.6 Å². The van der Waals surface area contributed by atoms with Crippen molar-refractivity contribution in [2.45, 2.75) is 6.42 Å². The first kappa shape index (κ1) is 23.1. The van der Waals surface area contributed by atoms with Gasteiger partial charge in [-0.25, -0.2) is 0 Å². The van der Waals surface area contributed by atoms with Crippen LogP contribution in [0.5, 0.6) is 0 Å². The van der Waals surface area contributed by atoms with E-state index < -0.39 is 16.7 Å². The van der Waals surface area contributed by atoms with Gasteiger partial charge in [0.05, 0.1) is 4.92 Å². The minimum Gasteiger partial charge on any atom is -0.351 e. The maximum atomic E-state index is 12.6. The van der Waals surface area contributed by atoms with Crippen LogP contribution >= 0.6 is 11.6 Å². The third-order valence-corrected chi connectivity index (χ3v) is 4.33. The van der Waals surface area contributed by atoms with Gasteiger partial charge >= 0.3 is 0 Å². The van der Waals surface area contributed by atoms with Crippen LogP contribution in [0.4, 0.5) is 5.69 Å². The van der Waals surface area contributed by atoms with E-state index in [4.69, 9.17) is 11.6 Å². The Kier molecular flexibility index (Phi) is 8.52. The number of hydrogen-bond acceptors (Lipinski definition) is 5. The molecular weight excluding hydrogens is 408 g/mol. The number of nitrogens with zero attached hydrogens (tertiary/aromatic N) is 2. The van der Waals surface area contributed by atoms with Gasteiger partial charge in [-0.05, 0) is 63.0 Å². The molecule has 2 aromatic rings. The summed E-state index contributed by atoms with van der Waals surface area (Å²) in [6.07, 6.45) is 2.30. The quantitative estimate of drug-likeness (QED) is 0.275. The normalized spacial score (nSPS) is 11.3. The molecule has 0 radical (unpaired) electrons. The molecule has 158 valence electrons. The van der Waals surface area contributed by atoms with Crippen molar-refractivity contribution in [3.63, 3.8) is 0 Å². The molecule has 9 heteroatoms. The van der Waals surface area contributed by atoms with E-state index in [-0.39, 0.29) is 16.9 Å². The molecule has 0 aliphatic heterocycles. The Hall–Kier alpha value is -3.23. The van der Waals surface area contributed by atoms with Crippen molar-refractivity contribution >= 4 is 35.2 Å². The lowest BCUT2D eigenvalue weighted by Crippen LogP contribution is -2.36. The zero-order valence-electron chi connectivity index (χ0n) is 16.7. The first-order valence-corrected chi connectivity index (χ1v) is 9.60. The molecule has 0 aliphatic carbocycles. The highest BCUT2D eigenvalue weighted by molar-refractivity contribution is 6.30. The summed E-state index contributed by atoms with van der Waals surface area (Å²) in [5.74, 6) is -0.979. The van der Waals surface area contributed by atoms with Crippen LogP contribution in [0.25, 0.3) is 6.08 Å². The lowest BCUT2D eigenvalue weighted by Gasteiger charge is -2.13. The van der Waals surface area contributed by atoms with E-state index in [9.17, 15) is 19.7 Å². The van der Waals surface area contributed by atoms with Crippen molar-refractivity contribution in [1.29, 1.82) is 0 Å². The second kappa shape index (κ2) is 11.1. The Labute approximate surface area is 179 Å². The van der Waals surface area contributed by atoms with Gasteiger partial charge in [-0.2, -0.15) is 0 Å². The second-order valence-corrected chi connectivity index (χ2v) is 7.22. The van der Waals surface area contributed by atoms with E-state index >= 15 is 0 Å². The zero-order chi connectivity index (χ0) is 22.1. The molecule has 30 heavy (non-hydrogen) atoms. The topological polar surface area (TPSA) is 105 Å². The van der Waals surface area contributed by atoms with Crippen LogP contribution in [0.15, 0.2) is 54.2 Å². The summed E-state index contributed by atoms with van der Waals surface area (Å²) in [6.45, 7) is 1.26. The summed E-state index contributed by atoms with van der Waals surface area (Å²) < 4.78 is 0. The monoisotopic (exact) mass is 430 g/mol. The summed E-state index contributed by atoms with van der Waals surface area (Å²) in [7, 11) is 3.89. The van der Waals surface area contributed by atoms with Crippen LogP contribution in [0, 0.1) is 10.1 Å². The number of halogens is 1. The van der Waals surface area contributed by atoms with E-state index in [1.807, 2.05) is 19.0 Å². The van der Waals surface area contributed by atoms with E-state index in [1.54, 1.807) is 30.3 Å². The minimum atomic E-state index is -0.548. The first-order valence-electron chi connectivity index (χ1n) is 9.22. The summed E-state index contributed by atoms with van der Waals surface area (Å²) in [4.78, 5) is 37.5. The van der Waals surface area contributed by atoms with Gasteiger partial charge in [-0.3, -0.25) is 19.7 Å². The molecular formula is C21H23ClN4O4. The highest BCUT2D eigenvalue weighted by atomic mass is 35.5. The maximum Gasteiger partial charge on any atom is 0.269 e. The van der Waals surface area contributed by atoms with Gasteiger partial charge in [-0.15, -0.1) is 0 Å². The molecule has 0 heterocycles. The summed E-state index contributed by atoms with van der Waals surface area (Å²) >= 11 is 5.90. The van der Waals surface area contributed by atoms with Crippen molar-refractivity contribution in [2.75, 3.05) is 27.2 Å². The molecule has 0 atom stereocenters. The lowest BCUT2D eigenvalue weighted by atomic mass is 10.1. The number of nitro benzene ring substituents is 1. The van der Waals surface area contributed by atoms with Crippen LogP contribution in [-0.2, 0) is 4.79 Å². The number of nitro groups is 1. The molecule has 2 aromatic carbocycles. The Morgan fingerprint density at radius 1 is 1.10 bits per heavy atom. The predicted octanol–water partition coefficient (Wildman–Crippen LogP) is 3.09. The smallest absolute Gasteiger partial charge is 0.269 e. The van der Waals surface area contributed by atoms with Crippen LogP contribution in [0.2, 0.25) is 5.02 Å². The third-order valence-electron chi connectivity index (χ3n) is 4.08. The molecule has 0 spiro atoms. The minimum absolute atomic E-state index is 0.0607. The molecule has 0 aromatic heterocycles. The van der Waals surface area contributed by atoms with E-state index in [1.165, 1.54) is 24.3 Å². The van der Waals surface area contributed by atoms with Gasteiger partial charge in [0.15, 0.2) is 0 Å². The highest BCUT2D eigenvalue weighted by Crippen LogP contribution is 2.14. The molecule has 0 saturated heterocycles. The number of rotatable bonds is 9. The number of carbonyl (C=O) groups is 2. The average Bonchev–Trinajstić information content (AvgIpc) is 2.72. The average molecular weight is 431 g/mol. The Morgan fingerprint density at radius 2 is 1.73 bits per heavy atom. The van der Waals surface area contributed by atoms with Gasteiger partial charge in [0.2, 0.25) is 0 Å². The number of non-ortho nitro benzene ring substituents is 1. The molecule has 2 amide bonds. The third kappa shape index (κ3) is 7.31. The molecule has 2 rings (SSSR count). The van der Waals surface area contributed by atoms with Crippen molar-refractivity contribution in [1.82, 2.24) is 15.5 Å². The fraction of sp³-hybridized carbons (Fsp3) is 0.238. The predicted molar refractivity (Wildman–Crippen MR) is 116 cm³/mol. The number of benzene rings is 2. The number of nitrogens with one attached hydrogen (secondary N) is 2. The molecule has 0 aliphatic rings. The van der Waals surface area contributed by atoms with E-state index in [2.05, 4.69) is 10.6 Å². The lowest BCUT2D eigenvalue weighted by molar-refractivity contribution is -0.384. The number of carbonyl (C=O) groups excluding carboxylic acids is 2. The van der Waals surface area contributed by atoms with Gasteiger partial charge in [-0.1, -0.05) is 23.7 Å². The second-order valence-electron chi connectivity index (χ2n) is 6.78. The fourth-order valence-electron chi connectivity index (χ4n) is 2.51. The maximum absolute atomic E-state index is 12.6. The molecule has 0 saturated carbocycles. The summed E-state index contributed by atoms with van der Waals surface area (Å²) in [5, 5.41) is 16.7.